The van der Waals surface area contributed by atoms with Crippen molar-refractivity contribution in [2.45, 2.75) is 20.8 Å². The standard InChI is InChI=1S/C16H20Cl2N2O2/c1-16(2,3)15(22)20-9-7-19(8-10-20)14(21)11-5-4-6-12(17)13(11)18/h4-6H,7-10H2,1-3H3. The number of rotatable bonds is 1. The molecule has 1 fully saturated rings. The molecule has 2 rings (SSSR count). The van der Waals surface area contributed by atoms with Gasteiger partial charge in [-0.3, -0.25) is 9.59 Å². The van der Waals surface area contributed by atoms with Crippen LogP contribution in [0.2, 0.25) is 10.0 Å². The molecule has 1 saturated heterocycles. The maximum absolute atomic E-state index is 12.5. The fraction of sp³-hybridized carbons (Fsp3) is 0.500. The van der Waals surface area contributed by atoms with Crippen molar-refractivity contribution in [1.82, 2.24) is 9.80 Å². The van der Waals surface area contributed by atoms with Crippen molar-refractivity contribution < 1.29 is 9.59 Å². The molecule has 0 aliphatic carbocycles. The van der Waals surface area contributed by atoms with Crippen molar-refractivity contribution in [1.29, 1.82) is 0 Å². The van der Waals surface area contributed by atoms with Gasteiger partial charge in [-0.15, -0.1) is 0 Å². The third-order valence-electron chi connectivity index (χ3n) is 3.68. The van der Waals surface area contributed by atoms with Crippen molar-refractivity contribution in [3.63, 3.8) is 0 Å². The highest BCUT2D eigenvalue weighted by Gasteiger charge is 2.31. The minimum atomic E-state index is -0.400. The van der Waals surface area contributed by atoms with Crippen LogP contribution in [0.3, 0.4) is 0 Å². The molecule has 0 radical (unpaired) electrons. The number of nitrogens with zero attached hydrogens (tertiary/aromatic N) is 2. The van der Waals surface area contributed by atoms with E-state index in [0.717, 1.165) is 0 Å². The highest BCUT2D eigenvalue weighted by molar-refractivity contribution is 6.43. The molecule has 1 aliphatic heterocycles. The van der Waals surface area contributed by atoms with Gasteiger partial charge in [0.15, 0.2) is 0 Å². The van der Waals surface area contributed by atoms with Crippen LogP contribution in [0.25, 0.3) is 0 Å². The predicted octanol–water partition coefficient (Wildman–Crippen LogP) is 3.32. The zero-order valence-corrected chi connectivity index (χ0v) is 14.5. The SMILES string of the molecule is CC(C)(C)C(=O)N1CCN(C(=O)c2cccc(Cl)c2Cl)CC1. The van der Waals surface area contributed by atoms with Crippen molar-refractivity contribution >= 4 is 35.0 Å². The number of amides is 2. The first-order valence-electron chi connectivity index (χ1n) is 7.24. The van der Waals surface area contributed by atoms with Gasteiger partial charge in [0, 0.05) is 31.6 Å². The summed E-state index contributed by atoms with van der Waals surface area (Å²) in [7, 11) is 0. The lowest BCUT2D eigenvalue weighted by Crippen LogP contribution is -2.53. The first-order chi connectivity index (χ1) is 10.2. The smallest absolute Gasteiger partial charge is 0.255 e. The van der Waals surface area contributed by atoms with Gasteiger partial charge in [-0.2, -0.15) is 0 Å². The summed E-state index contributed by atoms with van der Waals surface area (Å²) >= 11 is 12.1. The second kappa shape index (κ2) is 6.47. The molecule has 0 N–H and O–H groups in total. The molecule has 1 aliphatic rings. The number of carbonyl (C=O) groups is 2. The third-order valence-corrected chi connectivity index (χ3v) is 4.50. The lowest BCUT2D eigenvalue weighted by molar-refractivity contribution is -0.140. The van der Waals surface area contributed by atoms with Gasteiger partial charge in [-0.05, 0) is 12.1 Å². The Labute approximate surface area is 141 Å². The number of hydrogen-bond donors (Lipinski definition) is 0. The average Bonchev–Trinajstić information content (AvgIpc) is 2.48. The maximum atomic E-state index is 12.5. The Bertz CT molecular complexity index is 588. The quantitative estimate of drug-likeness (QED) is 0.785. The van der Waals surface area contributed by atoms with Crippen LogP contribution >= 0.6 is 23.2 Å². The van der Waals surface area contributed by atoms with Crippen LogP contribution < -0.4 is 0 Å². The Balaban J connectivity index is 2.04. The zero-order chi connectivity index (χ0) is 16.5. The minimum absolute atomic E-state index is 0.111. The van der Waals surface area contributed by atoms with E-state index in [1.54, 1.807) is 23.1 Å². The molecule has 0 spiro atoms. The Morgan fingerprint density at radius 2 is 1.55 bits per heavy atom. The van der Waals surface area contributed by atoms with E-state index in [0.29, 0.717) is 36.8 Å². The van der Waals surface area contributed by atoms with Gasteiger partial charge in [-0.25, -0.2) is 0 Å². The lowest BCUT2D eigenvalue weighted by Gasteiger charge is -2.37. The van der Waals surface area contributed by atoms with E-state index in [4.69, 9.17) is 23.2 Å². The summed E-state index contributed by atoms with van der Waals surface area (Å²) in [5.41, 5.74) is 0.00683. The number of carbonyl (C=O) groups excluding carboxylic acids is 2. The fourth-order valence-electron chi connectivity index (χ4n) is 2.43. The monoisotopic (exact) mass is 342 g/mol. The van der Waals surface area contributed by atoms with Gasteiger partial charge >= 0.3 is 0 Å². The summed E-state index contributed by atoms with van der Waals surface area (Å²) in [6.45, 7) is 7.79. The Kier molecular flexibility index (Phi) is 5.03. The zero-order valence-electron chi connectivity index (χ0n) is 13.0. The van der Waals surface area contributed by atoms with Gasteiger partial charge in [-0.1, -0.05) is 50.0 Å². The Hall–Kier alpha value is -1.26. The molecule has 1 aromatic carbocycles. The second-order valence-electron chi connectivity index (χ2n) is 6.44. The first-order valence-corrected chi connectivity index (χ1v) is 8.00. The van der Waals surface area contributed by atoms with E-state index in [1.807, 2.05) is 25.7 Å². The predicted molar refractivity (Wildman–Crippen MR) is 88.4 cm³/mol. The molecular weight excluding hydrogens is 323 g/mol. The molecule has 120 valence electrons. The molecule has 0 aromatic heterocycles. The highest BCUT2D eigenvalue weighted by Crippen LogP contribution is 2.27. The molecule has 4 nitrogen and oxygen atoms in total. The largest absolute Gasteiger partial charge is 0.339 e. The second-order valence-corrected chi connectivity index (χ2v) is 7.22. The Morgan fingerprint density at radius 3 is 2.09 bits per heavy atom. The molecule has 1 aromatic rings. The van der Waals surface area contributed by atoms with Gasteiger partial charge in [0.2, 0.25) is 5.91 Å². The first kappa shape index (κ1) is 17.1. The van der Waals surface area contributed by atoms with E-state index in [9.17, 15) is 9.59 Å². The minimum Gasteiger partial charge on any atom is -0.339 e. The van der Waals surface area contributed by atoms with E-state index in [2.05, 4.69) is 0 Å². The average molecular weight is 343 g/mol. The summed E-state index contributed by atoms with van der Waals surface area (Å²) in [6.07, 6.45) is 0. The molecule has 1 heterocycles. The summed E-state index contributed by atoms with van der Waals surface area (Å²) in [6, 6.07) is 5.03. The van der Waals surface area contributed by atoms with Crippen molar-refractivity contribution in [3.05, 3.63) is 33.8 Å². The van der Waals surface area contributed by atoms with E-state index >= 15 is 0 Å². The third kappa shape index (κ3) is 3.55. The van der Waals surface area contributed by atoms with Gasteiger partial charge in [0.25, 0.3) is 5.91 Å². The van der Waals surface area contributed by atoms with Gasteiger partial charge in [0.05, 0.1) is 15.6 Å². The van der Waals surface area contributed by atoms with Gasteiger partial charge in [0.1, 0.15) is 0 Å². The van der Waals surface area contributed by atoms with Crippen molar-refractivity contribution in [2.75, 3.05) is 26.2 Å². The van der Waals surface area contributed by atoms with Crippen molar-refractivity contribution in [2.24, 2.45) is 5.41 Å². The normalized spacial score (nSPS) is 15.9. The number of piperazine rings is 1. The Morgan fingerprint density at radius 1 is 1.00 bits per heavy atom. The summed E-state index contributed by atoms with van der Waals surface area (Å²) in [5.74, 6) is -0.0317. The number of hydrogen-bond acceptors (Lipinski definition) is 2. The van der Waals surface area contributed by atoms with Crippen LogP contribution in [0.15, 0.2) is 18.2 Å². The molecule has 6 heteroatoms. The van der Waals surface area contributed by atoms with Crippen LogP contribution in [0, 0.1) is 5.41 Å². The molecular formula is C16H20Cl2N2O2. The van der Waals surface area contributed by atoms with Crippen LogP contribution in [-0.4, -0.2) is 47.8 Å². The van der Waals surface area contributed by atoms with Crippen molar-refractivity contribution in [3.8, 4) is 0 Å². The summed E-state index contributed by atoms with van der Waals surface area (Å²) in [5, 5.41) is 0.649. The molecule has 0 saturated carbocycles. The molecule has 0 atom stereocenters. The molecule has 0 unspecified atom stereocenters. The van der Waals surface area contributed by atoms with Crippen LogP contribution in [0.1, 0.15) is 31.1 Å². The number of benzene rings is 1. The lowest BCUT2D eigenvalue weighted by atomic mass is 9.94. The topological polar surface area (TPSA) is 40.6 Å². The summed E-state index contributed by atoms with van der Waals surface area (Å²) < 4.78 is 0. The van der Waals surface area contributed by atoms with Gasteiger partial charge < -0.3 is 9.80 Å². The van der Waals surface area contributed by atoms with Crippen LogP contribution in [0.4, 0.5) is 0 Å². The summed E-state index contributed by atoms with van der Waals surface area (Å²) in [4.78, 5) is 28.3. The van der Waals surface area contributed by atoms with E-state index < -0.39 is 5.41 Å². The number of halogens is 2. The molecule has 22 heavy (non-hydrogen) atoms. The van der Waals surface area contributed by atoms with Crippen LogP contribution in [-0.2, 0) is 4.79 Å². The highest BCUT2D eigenvalue weighted by atomic mass is 35.5. The maximum Gasteiger partial charge on any atom is 0.255 e. The molecule has 0 bridgehead atoms. The molecule has 2 amide bonds. The van der Waals surface area contributed by atoms with E-state index in [-0.39, 0.29) is 16.8 Å². The van der Waals surface area contributed by atoms with E-state index in [1.165, 1.54) is 0 Å². The van der Waals surface area contributed by atoms with Crippen LogP contribution in [0.5, 0.6) is 0 Å². The fourth-order valence-corrected chi connectivity index (χ4v) is 2.81.